The zero-order valence-corrected chi connectivity index (χ0v) is 13.5. The monoisotopic (exact) mass is 330 g/mol. The molecule has 0 amide bonds. The molecule has 0 aromatic carbocycles. The summed E-state index contributed by atoms with van der Waals surface area (Å²) in [5.41, 5.74) is 6.57. The quantitative estimate of drug-likeness (QED) is 0.804. The third-order valence-electron chi connectivity index (χ3n) is 3.46. The van der Waals surface area contributed by atoms with E-state index in [0.717, 1.165) is 19.3 Å². The SMILES string of the molecule is CCCn1ncc(NCC(N)(CC)CC)c(Br)c1=O. The van der Waals surface area contributed by atoms with Crippen LogP contribution in [-0.4, -0.2) is 21.9 Å². The van der Waals surface area contributed by atoms with Gasteiger partial charge in [-0.2, -0.15) is 5.10 Å². The highest BCUT2D eigenvalue weighted by molar-refractivity contribution is 9.10. The van der Waals surface area contributed by atoms with Gasteiger partial charge in [-0.05, 0) is 35.2 Å². The molecule has 0 radical (unpaired) electrons. The number of rotatable bonds is 7. The van der Waals surface area contributed by atoms with Crippen molar-refractivity contribution >= 4 is 21.6 Å². The number of aromatic nitrogens is 2. The van der Waals surface area contributed by atoms with Gasteiger partial charge in [0.1, 0.15) is 4.47 Å². The van der Waals surface area contributed by atoms with Gasteiger partial charge in [0.25, 0.3) is 5.56 Å². The molecule has 5 nitrogen and oxygen atoms in total. The zero-order valence-electron chi connectivity index (χ0n) is 11.9. The van der Waals surface area contributed by atoms with Crippen molar-refractivity contribution in [1.82, 2.24) is 9.78 Å². The Kier molecular flexibility index (Phi) is 6.00. The number of anilines is 1. The highest BCUT2D eigenvalue weighted by atomic mass is 79.9. The fourth-order valence-corrected chi connectivity index (χ4v) is 2.18. The maximum Gasteiger partial charge on any atom is 0.283 e. The molecule has 1 aromatic rings. The standard InChI is InChI=1S/C13H23BrN4O/c1-4-7-18-12(19)11(14)10(8-17-18)16-9-13(15,5-2)6-3/h8,16H,4-7,9,15H2,1-3H3. The molecule has 0 aliphatic rings. The number of nitrogens with two attached hydrogens (primary N) is 1. The summed E-state index contributed by atoms with van der Waals surface area (Å²) < 4.78 is 1.98. The number of nitrogens with one attached hydrogen (secondary N) is 1. The maximum absolute atomic E-state index is 12.0. The summed E-state index contributed by atoms with van der Waals surface area (Å²) in [4.78, 5) is 12.0. The van der Waals surface area contributed by atoms with Crippen LogP contribution in [0.5, 0.6) is 0 Å². The first-order chi connectivity index (χ1) is 8.97. The fourth-order valence-electron chi connectivity index (χ4n) is 1.73. The van der Waals surface area contributed by atoms with Crippen LogP contribution in [0.25, 0.3) is 0 Å². The normalized spacial score (nSPS) is 11.6. The van der Waals surface area contributed by atoms with Crippen molar-refractivity contribution in [3.63, 3.8) is 0 Å². The Bertz CT molecular complexity index is 468. The minimum atomic E-state index is -0.252. The molecular weight excluding hydrogens is 308 g/mol. The van der Waals surface area contributed by atoms with Crippen LogP contribution in [0.2, 0.25) is 0 Å². The first-order valence-electron chi connectivity index (χ1n) is 6.75. The Hall–Kier alpha value is -0.880. The average molecular weight is 331 g/mol. The van der Waals surface area contributed by atoms with Crippen molar-refractivity contribution in [3.8, 4) is 0 Å². The van der Waals surface area contributed by atoms with Gasteiger partial charge >= 0.3 is 0 Å². The molecular formula is C13H23BrN4O. The van der Waals surface area contributed by atoms with E-state index in [4.69, 9.17) is 5.73 Å². The molecule has 0 aliphatic carbocycles. The second-order valence-electron chi connectivity index (χ2n) is 4.82. The molecule has 0 aliphatic heterocycles. The lowest BCUT2D eigenvalue weighted by Crippen LogP contribution is -2.45. The Balaban J connectivity index is 2.86. The lowest BCUT2D eigenvalue weighted by atomic mass is 9.94. The van der Waals surface area contributed by atoms with E-state index in [0.29, 0.717) is 23.2 Å². The Morgan fingerprint density at radius 2 is 2.05 bits per heavy atom. The van der Waals surface area contributed by atoms with Crippen LogP contribution in [-0.2, 0) is 6.54 Å². The smallest absolute Gasteiger partial charge is 0.283 e. The summed E-state index contributed by atoms with van der Waals surface area (Å²) in [5, 5.41) is 7.37. The molecule has 19 heavy (non-hydrogen) atoms. The Morgan fingerprint density at radius 1 is 1.42 bits per heavy atom. The highest BCUT2D eigenvalue weighted by Crippen LogP contribution is 2.19. The van der Waals surface area contributed by atoms with Crippen LogP contribution >= 0.6 is 15.9 Å². The second kappa shape index (κ2) is 7.05. The van der Waals surface area contributed by atoms with E-state index in [2.05, 4.69) is 40.2 Å². The van der Waals surface area contributed by atoms with Crippen molar-refractivity contribution < 1.29 is 0 Å². The lowest BCUT2D eigenvalue weighted by Gasteiger charge is -2.27. The average Bonchev–Trinajstić information content (AvgIpc) is 2.43. The van der Waals surface area contributed by atoms with Crippen molar-refractivity contribution in [2.45, 2.75) is 52.1 Å². The van der Waals surface area contributed by atoms with Crippen molar-refractivity contribution in [2.24, 2.45) is 5.73 Å². The molecule has 6 heteroatoms. The highest BCUT2D eigenvalue weighted by Gasteiger charge is 2.20. The van der Waals surface area contributed by atoms with Gasteiger partial charge in [0.2, 0.25) is 0 Å². The number of aryl methyl sites for hydroxylation is 1. The molecule has 1 aromatic heterocycles. The van der Waals surface area contributed by atoms with Gasteiger partial charge in [-0.3, -0.25) is 4.79 Å². The zero-order chi connectivity index (χ0) is 14.5. The summed E-state index contributed by atoms with van der Waals surface area (Å²) in [7, 11) is 0. The number of hydrogen-bond donors (Lipinski definition) is 2. The van der Waals surface area contributed by atoms with E-state index in [1.54, 1.807) is 6.20 Å². The van der Waals surface area contributed by atoms with E-state index < -0.39 is 0 Å². The van der Waals surface area contributed by atoms with E-state index in [-0.39, 0.29) is 11.1 Å². The van der Waals surface area contributed by atoms with Gasteiger partial charge in [0.05, 0.1) is 11.9 Å². The van der Waals surface area contributed by atoms with Gasteiger partial charge in [-0.25, -0.2) is 4.68 Å². The van der Waals surface area contributed by atoms with E-state index in [9.17, 15) is 4.79 Å². The van der Waals surface area contributed by atoms with Crippen molar-refractivity contribution in [1.29, 1.82) is 0 Å². The van der Waals surface area contributed by atoms with Gasteiger partial charge < -0.3 is 11.1 Å². The van der Waals surface area contributed by atoms with E-state index in [1.807, 2.05) is 6.92 Å². The van der Waals surface area contributed by atoms with Gasteiger partial charge in [0, 0.05) is 18.6 Å². The topological polar surface area (TPSA) is 72.9 Å². The molecule has 1 rings (SSSR count). The maximum atomic E-state index is 12.0. The molecule has 1 heterocycles. The molecule has 0 spiro atoms. The minimum absolute atomic E-state index is 0.109. The number of hydrogen-bond acceptors (Lipinski definition) is 4. The first-order valence-corrected chi connectivity index (χ1v) is 7.55. The Labute approximate surface area is 122 Å². The van der Waals surface area contributed by atoms with Crippen LogP contribution in [0.15, 0.2) is 15.5 Å². The van der Waals surface area contributed by atoms with Crippen LogP contribution in [0, 0.1) is 0 Å². The minimum Gasteiger partial charge on any atom is -0.381 e. The van der Waals surface area contributed by atoms with Crippen LogP contribution in [0.4, 0.5) is 5.69 Å². The second-order valence-corrected chi connectivity index (χ2v) is 5.62. The van der Waals surface area contributed by atoms with Crippen LogP contribution in [0.3, 0.4) is 0 Å². The molecule has 0 saturated heterocycles. The largest absolute Gasteiger partial charge is 0.381 e. The summed E-state index contributed by atoms with van der Waals surface area (Å²) in [5.74, 6) is 0. The van der Waals surface area contributed by atoms with Crippen molar-refractivity contribution in [3.05, 3.63) is 21.0 Å². The molecule has 108 valence electrons. The molecule has 0 saturated carbocycles. The fraction of sp³-hybridized carbons (Fsp3) is 0.692. The third-order valence-corrected chi connectivity index (χ3v) is 4.23. The predicted octanol–water partition coefficient (Wildman–Crippen LogP) is 2.35. The van der Waals surface area contributed by atoms with Gasteiger partial charge in [-0.1, -0.05) is 20.8 Å². The predicted molar refractivity (Wildman–Crippen MR) is 82.5 cm³/mol. The van der Waals surface area contributed by atoms with Gasteiger partial charge in [-0.15, -0.1) is 0 Å². The molecule has 0 unspecified atom stereocenters. The number of nitrogens with zero attached hydrogens (tertiary/aromatic N) is 2. The molecule has 0 fully saturated rings. The lowest BCUT2D eigenvalue weighted by molar-refractivity contribution is 0.418. The summed E-state index contributed by atoms with van der Waals surface area (Å²) in [6.45, 7) is 7.40. The third kappa shape index (κ3) is 4.04. The van der Waals surface area contributed by atoms with Gasteiger partial charge in [0.15, 0.2) is 0 Å². The summed E-state index contributed by atoms with van der Waals surface area (Å²) in [6, 6.07) is 0. The first kappa shape index (κ1) is 16.2. The molecule has 0 atom stereocenters. The summed E-state index contributed by atoms with van der Waals surface area (Å²) >= 11 is 3.34. The van der Waals surface area contributed by atoms with Crippen LogP contribution in [0.1, 0.15) is 40.0 Å². The Morgan fingerprint density at radius 3 is 2.58 bits per heavy atom. The van der Waals surface area contributed by atoms with E-state index in [1.165, 1.54) is 4.68 Å². The molecule has 3 N–H and O–H groups in total. The number of halogens is 1. The van der Waals surface area contributed by atoms with Crippen LogP contribution < -0.4 is 16.6 Å². The summed E-state index contributed by atoms with van der Waals surface area (Å²) in [6.07, 6.45) is 4.32. The van der Waals surface area contributed by atoms with E-state index >= 15 is 0 Å². The molecule has 0 bridgehead atoms. The van der Waals surface area contributed by atoms with Crippen molar-refractivity contribution in [2.75, 3.05) is 11.9 Å².